The zero-order chi connectivity index (χ0) is 15.4. The molecule has 1 saturated heterocycles. The molecule has 1 fully saturated rings. The molecule has 2 atom stereocenters. The van der Waals surface area contributed by atoms with Gasteiger partial charge in [-0.15, -0.1) is 0 Å². The van der Waals surface area contributed by atoms with E-state index < -0.39 is 0 Å². The summed E-state index contributed by atoms with van der Waals surface area (Å²) in [5.41, 5.74) is 7.07. The van der Waals surface area contributed by atoms with Gasteiger partial charge < -0.3 is 10.6 Å². The molecule has 0 bridgehead atoms. The van der Waals surface area contributed by atoms with Crippen LogP contribution < -0.4 is 5.73 Å². The smallest absolute Gasteiger partial charge is 0.246 e. The molecule has 0 saturated carbocycles. The quantitative estimate of drug-likeness (QED) is 0.870. The fourth-order valence-electron chi connectivity index (χ4n) is 2.77. The number of hydrogen-bond donors (Lipinski definition) is 1. The zero-order valence-corrected chi connectivity index (χ0v) is 12.7. The number of halogens is 1. The van der Waals surface area contributed by atoms with Gasteiger partial charge in [-0.3, -0.25) is 4.79 Å². The van der Waals surface area contributed by atoms with Gasteiger partial charge >= 0.3 is 0 Å². The molecular formula is C17H23FN2O. The molecule has 114 valence electrons. The number of benzene rings is 1. The fraction of sp³-hybridized carbons (Fsp3) is 0.471. The van der Waals surface area contributed by atoms with Gasteiger partial charge in [0.1, 0.15) is 5.82 Å². The Morgan fingerprint density at radius 2 is 2.19 bits per heavy atom. The Labute approximate surface area is 125 Å². The maximum absolute atomic E-state index is 13.7. The number of nitrogens with zero attached hydrogens (tertiary/aromatic N) is 1. The highest BCUT2D eigenvalue weighted by Crippen LogP contribution is 2.21. The second-order valence-electron chi connectivity index (χ2n) is 5.85. The van der Waals surface area contributed by atoms with Crippen molar-refractivity contribution in [2.75, 3.05) is 13.1 Å². The van der Waals surface area contributed by atoms with Crippen molar-refractivity contribution in [3.05, 3.63) is 41.7 Å². The van der Waals surface area contributed by atoms with Crippen molar-refractivity contribution >= 4 is 11.5 Å². The summed E-state index contributed by atoms with van der Waals surface area (Å²) in [6.07, 6.45) is 3.57. The summed E-state index contributed by atoms with van der Waals surface area (Å²) < 4.78 is 13.7. The van der Waals surface area contributed by atoms with Crippen molar-refractivity contribution in [2.24, 2.45) is 11.7 Å². The van der Waals surface area contributed by atoms with Crippen LogP contribution in [-0.4, -0.2) is 29.9 Å². The second kappa shape index (κ2) is 6.85. The Bertz CT molecular complexity index is 539. The van der Waals surface area contributed by atoms with Gasteiger partial charge in [0.2, 0.25) is 5.91 Å². The maximum Gasteiger partial charge on any atom is 0.246 e. The van der Waals surface area contributed by atoms with Gasteiger partial charge in [0.05, 0.1) is 0 Å². The lowest BCUT2D eigenvalue weighted by Crippen LogP contribution is -2.44. The summed E-state index contributed by atoms with van der Waals surface area (Å²) in [7, 11) is 0. The molecule has 1 aliphatic rings. The monoisotopic (exact) mass is 290 g/mol. The van der Waals surface area contributed by atoms with Crippen LogP contribution in [-0.2, 0) is 4.79 Å². The summed E-state index contributed by atoms with van der Waals surface area (Å²) in [4.78, 5) is 14.2. The summed E-state index contributed by atoms with van der Waals surface area (Å²) in [5.74, 6) is -0.00267. The van der Waals surface area contributed by atoms with Crippen LogP contribution in [0.4, 0.5) is 4.39 Å². The van der Waals surface area contributed by atoms with E-state index in [0.717, 1.165) is 19.4 Å². The van der Waals surface area contributed by atoms with Crippen molar-refractivity contribution in [3.8, 4) is 0 Å². The third-order valence-corrected chi connectivity index (χ3v) is 4.15. The normalized spacial score (nSPS) is 21.2. The van der Waals surface area contributed by atoms with E-state index >= 15 is 0 Å². The molecule has 0 spiro atoms. The van der Waals surface area contributed by atoms with Gasteiger partial charge in [-0.1, -0.05) is 18.2 Å². The molecule has 1 aromatic rings. The molecule has 2 unspecified atom stereocenters. The number of nitrogens with two attached hydrogens (primary N) is 1. The van der Waals surface area contributed by atoms with E-state index in [1.54, 1.807) is 25.1 Å². The summed E-state index contributed by atoms with van der Waals surface area (Å²) in [6.45, 7) is 5.20. The number of allylic oxidation sites excluding steroid dienone is 1. The molecule has 1 aliphatic heterocycles. The lowest BCUT2D eigenvalue weighted by atomic mass is 9.92. The van der Waals surface area contributed by atoms with Gasteiger partial charge in [0, 0.05) is 30.8 Å². The maximum atomic E-state index is 13.7. The number of piperidine rings is 1. The van der Waals surface area contributed by atoms with E-state index in [4.69, 9.17) is 5.73 Å². The average Bonchev–Trinajstić information content (AvgIpc) is 2.47. The Kier molecular flexibility index (Phi) is 5.12. The Balaban J connectivity index is 2.10. The van der Waals surface area contributed by atoms with Crippen LogP contribution in [0, 0.1) is 11.7 Å². The minimum atomic E-state index is -0.300. The number of carbonyl (C=O) groups is 1. The first kappa shape index (κ1) is 15.7. The van der Waals surface area contributed by atoms with Crippen molar-refractivity contribution < 1.29 is 9.18 Å². The van der Waals surface area contributed by atoms with Crippen LogP contribution in [0.5, 0.6) is 0 Å². The van der Waals surface area contributed by atoms with E-state index in [2.05, 4.69) is 0 Å². The minimum Gasteiger partial charge on any atom is -0.339 e. The van der Waals surface area contributed by atoms with E-state index in [0.29, 0.717) is 23.6 Å². The van der Waals surface area contributed by atoms with Crippen molar-refractivity contribution in [3.63, 3.8) is 0 Å². The molecule has 0 aromatic heterocycles. The largest absolute Gasteiger partial charge is 0.339 e. The summed E-state index contributed by atoms with van der Waals surface area (Å²) in [6, 6.07) is 6.61. The Morgan fingerprint density at radius 3 is 2.86 bits per heavy atom. The highest BCUT2D eigenvalue weighted by molar-refractivity contribution is 5.95. The van der Waals surface area contributed by atoms with Crippen LogP contribution in [0.15, 0.2) is 30.3 Å². The van der Waals surface area contributed by atoms with Gasteiger partial charge in [-0.05, 0) is 44.2 Å². The first-order valence-corrected chi connectivity index (χ1v) is 7.46. The molecule has 0 radical (unpaired) electrons. The predicted molar refractivity (Wildman–Crippen MR) is 83.0 cm³/mol. The molecule has 0 aliphatic carbocycles. The molecule has 1 amide bonds. The van der Waals surface area contributed by atoms with Gasteiger partial charge in [-0.2, -0.15) is 0 Å². The van der Waals surface area contributed by atoms with Crippen LogP contribution >= 0.6 is 0 Å². The van der Waals surface area contributed by atoms with Crippen LogP contribution in [0.3, 0.4) is 0 Å². The van der Waals surface area contributed by atoms with Crippen molar-refractivity contribution in [2.45, 2.75) is 32.7 Å². The van der Waals surface area contributed by atoms with Gasteiger partial charge in [-0.25, -0.2) is 4.39 Å². The Morgan fingerprint density at radius 1 is 1.48 bits per heavy atom. The van der Waals surface area contributed by atoms with E-state index in [1.807, 2.05) is 11.8 Å². The standard InChI is InChI=1S/C17H23FN2O/c1-12(15-7-3-4-8-16(15)18)10-17(21)20-9-5-6-14(11-20)13(2)19/h3-4,7-8,10,13-14H,5-6,9,11,19H2,1-2H3. The molecule has 2 rings (SSSR count). The topological polar surface area (TPSA) is 46.3 Å². The molecule has 4 heteroatoms. The third-order valence-electron chi connectivity index (χ3n) is 4.15. The molecule has 2 N–H and O–H groups in total. The molecular weight excluding hydrogens is 267 g/mol. The third kappa shape index (κ3) is 3.91. The van der Waals surface area contributed by atoms with Crippen LogP contribution in [0.2, 0.25) is 0 Å². The minimum absolute atomic E-state index is 0.0545. The Hall–Kier alpha value is -1.68. The molecule has 1 aromatic carbocycles. The zero-order valence-electron chi connectivity index (χ0n) is 12.7. The average molecular weight is 290 g/mol. The lowest BCUT2D eigenvalue weighted by molar-refractivity contribution is -0.127. The van der Waals surface area contributed by atoms with Crippen LogP contribution in [0.25, 0.3) is 5.57 Å². The number of rotatable bonds is 3. The molecule has 1 heterocycles. The van der Waals surface area contributed by atoms with Gasteiger partial charge in [0.25, 0.3) is 0 Å². The lowest BCUT2D eigenvalue weighted by Gasteiger charge is -2.34. The second-order valence-corrected chi connectivity index (χ2v) is 5.85. The first-order valence-electron chi connectivity index (χ1n) is 7.46. The highest BCUT2D eigenvalue weighted by Gasteiger charge is 2.25. The fourth-order valence-corrected chi connectivity index (χ4v) is 2.77. The van der Waals surface area contributed by atoms with Crippen molar-refractivity contribution in [1.29, 1.82) is 0 Å². The summed E-state index contributed by atoms with van der Waals surface area (Å²) >= 11 is 0. The number of amides is 1. The number of carbonyl (C=O) groups excluding carboxylic acids is 1. The van der Waals surface area contributed by atoms with E-state index in [9.17, 15) is 9.18 Å². The van der Waals surface area contributed by atoms with E-state index in [1.165, 1.54) is 12.1 Å². The van der Waals surface area contributed by atoms with Crippen LogP contribution in [0.1, 0.15) is 32.3 Å². The highest BCUT2D eigenvalue weighted by atomic mass is 19.1. The molecule has 21 heavy (non-hydrogen) atoms. The number of hydrogen-bond acceptors (Lipinski definition) is 2. The first-order chi connectivity index (χ1) is 9.99. The van der Waals surface area contributed by atoms with Gasteiger partial charge in [0.15, 0.2) is 0 Å². The molecule has 3 nitrogen and oxygen atoms in total. The number of likely N-dealkylation sites (tertiary alicyclic amines) is 1. The summed E-state index contributed by atoms with van der Waals surface area (Å²) in [5, 5.41) is 0. The SMILES string of the molecule is CC(=CC(=O)N1CCCC(C(C)N)C1)c1ccccc1F. The predicted octanol–water partition coefficient (Wildman–Crippen LogP) is 2.81. The van der Waals surface area contributed by atoms with Crippen molar-refractivity contribution in [1.82, 2.24) is 4.90 Å². The van der Waals surface area contributed by atoms with E-state index in [-0.39, 0.29) is 17.8 Å².